The minimum absolute atomic E-state index is 0.104. The second-order valence-electron chi connectivity index (χ2n) is 4.95. The molecule has 0 saturated carbocycles. The summed E-state index contributed by atoms with van der Waals surface area (Å²) in [7, 11) is -0.543. The predicted molar refractivity (Wildman–Crippen MR) is 84.4 cm³/mol. The van der Waals surface area contributed by atoms with Gasteiger partial charge in [-0.25, -0.2) is 13.2 Å². The number of benzene rings is 1. The molecule has 0 N–H and O–H groups in total. The topological polar surface area (TPSA) is 72.5 Å². The Morgan fingerprint density at radius 1 is 1.32 bits per heavy atom. The molecule has 0 spiro atoms. The molecule has 0 aliphatic heterocycles. The van der Waals surface area contributed by atoms with Gasteiger partial charge in [0.15, 0.2) is 5.58 Å². The van der Waals surface area contributed by atoms with E-state index in [9.17, 15) is 13.2 Å². The van der Waals surface area contributed by atoms with Crippen molar-refractivity contribution in [3.63, 3.8) is 0 Å². The summed E-state index contributed by atoms with van der Waals surface area (Å²) < 4.78 is 32.8. The highest BCUT2D eigenvalue weighted by atomic mass is 32.2. The number of oxazole rings is 1. The SMILES string of the molecule is CN(Cc1ccsc1)S(=O)(=O)c1ccc2c(c1)oc(=O)n2C. The first-order valence-corrected chi connectivity index (χ1v) is 8.85. The van der Waals surface area contributed by atoms with Crippen molar-refractivity contribution >= 4 is 32.5 Å². The summed E-state index contributed by atoms with van der Waals surface area (Å²) in [6, 6.07) is 6.33. The van der Waals surface area contributed by atoms with Crippen LogP contribution in [0.15, 0.2) is 49.1 Å². The summed E-state index contributed by atoms with van der Waals surface area (Å²) in [6.45, 7) is 0.294. The molecule has 2 heterocycles. The molecule has 0 fully saturated rings. The molecule has 0 aliphatic rings. The smallest absolute Gasteiger partial charge is 0.408 e. The van der Waals surface area contributed by atoms with Crippen molar-refractivity contribution in [3.8, 4) is 0 Å². The zero-order chi connectivity index (χ0) is 15.9. The Morgan fingerprint density at radius 2 is 2.09 bits per heavy atom. The zero-order valence-corrected chi connectivity index (χ0v) is 13.6. The largest absolute Gasteiger partial charge is 0.419 e. The lowest BCUT2D eigenvalue weighted by molar-refractivity contribution is 0.467. The van der Waals surface area contributed by atoms with Crippen LogP contribution in [0, 0.1) is 0 Å². The highest BCUT2D eigenvalue weighted by molar-refractivity contribution is 7.89. The molecule has 0 amide bonds. The number of nitrogens with zero attached hydrogens (tertiary/aromatic N) is 2. The van der Waals surface area contributed by atoms with E-state index in [-0.39, 0.29) is 10.5 Å². The summed E-state index contributed by atoms with van der Waals surface area (Å²) in [5, 5.41) is 3.81. The van der Waals surface area contributed by atoms with Gasteiger partial charge in [-0.05, 0) is 34.5 Å². The number of hydrogen-bond donors (Lipinski definition) is 0. The number of sulfonamides is 1. The number of aryl methyl sites for hydroxylation is 1. The molecule has 0 bridgehead atoms. The Morgan fingerprint density at radius 3 is 2.77 bits per heavy atom. The molecule has 0 atom stereocenters. The van der Waals surface area contributed by atoms with E-state index in [2.05, 4.69) is 0 Å². The van der Waals surface area contributed by atoms with Gasteiger partial charge in [0.25, 0.3) is 0 Å². The van der Waals surface area contributed by atoms with Gasteiger partial charge in [0.1, 0.15) is 0 Å². The van der Waals surface area contributed by atoms with Gasteiger partial charge in [0.2, 0.25) is 10.0 Å². The number of fused-ring (bicyclic) bond motifs is 1. The Bertz CT molecular complexity index is 968. The van der Waals surface area contributed by atoms with Gasteiger partial charge < -0.3 is 4.42 Å². The molecule has 1 aromatic carbocycles. The highest BCUT2D eigenvalue weighted by Gasteiger charge is 2.22. The lowest BCUT2D eigenvalue weighted by Gasteiger charge is -2.16. The van der Waals surface area contributed by atoms with Crippen LogP contribution in [0.5, 0.6) is 0 Å². The molecular formula is C14H14N2O4S2. The number of thiophene rings is 1. The molecule has 0 radical (unpaired) electrons. The second-order valence-corrected chi connectivity index (χ2v) is 7.77. The fourth-order valence-corrected chi connectivity index (χ4v) is 4.01. The highest BCUT2D eigenvalue weighted by Crippen LogP contribution is 2.22. The average molecular weight is 338 g/mol. The predicted octanol–water partition coefficient (Wildman–Crippen LogP) is 2.01. The Balaban J connectivity index is 1.99. The van der Waals surface area contributed by atoms with Crippen LogP contribution in [0.3, 0.4) is 0 Å². The fourth-order valence-electron chi connectivity index (χ4n) is 2.18. The molecule has 3 rings (SSSR count). The van der Waals surface area contributed by atoms with Gasteiger partial charge in [-0.2, -0.15) is 15.6 Å². The maximum absolute atomic E-state index is 12.6. The van der Waals surface area contributed by atoms with Crippen molar-refractivity contribution in [2.24, 2.45) is 7.05 Å². The minimum Gasteiger partial charge on any atom is -0.408 e. The zero-order valence-electron chi connectivity index (χ0n) is 12.0. The number of aromatic nitrogens is 1. The van der Waals surface area contributed by atoms with Gasteiger partial charge in [0, 0.05) is 26.7 Å². The normalized spacial score (nSPS) is 12.3. The third-order valence-corrected chi connectivity index (χ3v) is 5.99. The van der Waals surface area contributed by atoms with Crippen LogP contribution in [0.25, 0.3) is 11.1 Å². The second kappa shape index (κ2) is 5.38. The van der Waals surface area contributed by atoms with E-state index in [1.54, 1.807) is 13.1 Å². The van der Waals surface area contributed by atoms with Gasteiger partial charge >= 0.3 is 5.76 Å². The van der Waals surface area contributed by atoms with Crippen LogP contribution < -0.4 is 5.76 Å². The fraction of sp³-hybridized carbons (Fsp3) is 0.214. The van der Waals surface area contributed by atoms with E-state index in [4.69, 9.17) is 4.42 Å². The van der Waals surface area contributed by atoms with Crippen LogP contribution >= 0.6 is 11.3 Å². The molecule has 0 aliphatic carbocycles. The van der Waals surface area contributed by atoms with E-state index in [0.29, 0.717) is 12.1 Å². The third kappa shape index (κ3) is 2.49. The molecule has 116 valence electrons. The van der Waals surface area contributed by atoms with Crippen LogP contribution in [0.4, 0.5) is 0 Å². The first-order chi connectivity index (χ1) is 10.4. The van der Waals surface area contributed by atoms with Gasteiger partial charge in [0.05, 0.1) is 10.4 Å². The van der Waals surface area contributed by atoms with Crippen LogP contribution in [-0.2, 0) is 23.6 Å². The van der Waals surface area contributed by atoms with E-state index in [1.165, 1.54) is 39.4 Å². The molecule has 6 nitrogen and oxygen atoms in total. The summed E-state index contributed by atoms with van der Waals surface area (Å²) in [5.41, 5.74) is 1.75. The van der Waals surface area contributed by atoms with Crippen LogP contribution in [0.2, 0.25) is 0 Å². The van der Waals surface area contributed by atoms with Gasteiger partial charge in [-0.3, -0.25) is 4.57 Å². The quantitative estimate of drug-likeness (QED) is 0.729. The van der Waals surface area contributed by atoms with Crippen LogP contribution in [0.1, 0.15) is 5.56 Å². The van der Waals surface area contributed by atoms with Crippen molar-refractivity contribution in [1.29, 1.82) is 0 Å². The van der Waals surface area contributed by atoms with Crippen molar-refractivity contribution < 1.29 is 12.8 Å². The maximum atomic E-state index is 12.6. The standard InChI is InChI=1S/C14H14N2O4S2/c1-15(8-10-5-6-21-9-10)22(18,19)11-3-4-12-13(7-11)20-14(17)16(12)2/h3-7,9H,8H2,1-2H3. The Kier molecular flexibility index (Phi) is 3.67. The maximum Gasteiger partial charge on any atom is 0.419 e. The third-order valence-electron chi connectivity index (χ3n) is 3.46. The lowest BCUT2D eigenvalue weighted by Crippen LogP contribution is -2.26. The molecular weight excluding hydrogens is 324 g/mol. The summed E-state index contributed by atoms with van der Waals surface area (Å²) in [6.07, 6.45) is 0. The van der Waals surface area contributed by atoms with E-state index in [1.807, 2.05) is 16.8 Å². The number of hydrogen-bond acceptors (Lipinski definition) is 5. The van der Waals surface area contributed by atoms with E-state index >= 15 is 0 Å². The minimum atomic E-state index is -3.64. The average Bonchev–Trinajstić information content (AvgIpc) is 3.08. The molecule has 0 saturated heterocycles. The molecule has 3 aromatic rings. The summed E-state index contributed by atoms with van der Waals surface area (Å²) in [5.74, 6) is -0.517. The monoisotopic (exact) mass is 338 g/mol. The molecule has 0 unspecified atom stereocenters. The molecule has 8 heteroatoms. The summed E-state index contributed by atoms with van der Waals surface area (Å²) >= 11 is 1.52. The Hall–Kier alpha value is -1.90. The number of rotatable bonds is 4. The van der Waals surface area contributed by atoms with Gasteiger partial charge in [-0.1, -0.05) is 0 Å². The van der Waals surface area contributed by atoms with E-state index in [0.717, 1.165) is 5.56 Å². The van der Waals surface area contributed by atoms with Crippen molar-refractivity contribution in [2.75, 3.05) is 7.05 Å². The molecule has 2 aromatic heterocycles. The van der Waals surface area contributed by atoms with Crippen LogP contribution in [-0.4, -0.2) is 24.3 Å². The van der Waals surface area contributed by atoms with Gasteiger partial charge in [-0.15, -0.1) is 0 Å². The Labute approximate surface area is 131 Å². The first-order valence-electron chi connectivity index (χ1n) is 6.46. The first kappa shape index (κ1) is 15.0. The van der Waals surface area contributed by atoms with Crippen molar-refractivity contribution in [1.82, 2.24) is 8.87 Å². The van der Waals surface area contributed by atoms with E-state index < -0.39 is 15.8 Å². The lowest BCUT2D eigenvalue weighted by atomic mass is 10.3. The molecule has 22 heavy (non-hydrogen) atoms. The van der Waals surface area contributed by atoms with Crippen molar-refractivity contribution in [2.45, 2.75) is 11.4 Å². The van der Waals surface area contributed by atoms with Crippen molar-refractivity contribution in [3.05, 3.63) is 51.1 Å². The summed E-state index contributed by atoms with van der Waals surface area (Å²) in [4.78, 5) is 11.6.